The van der Waals surface area contributed by atoms with E-state index in [0.29, 0.717) is 25.9 Å². The van der Waals surface area contributed by atoms with Gasteiger partial charge in [-0.2, -0.15) is 0 Å². The predicted molar refractivity (Wildman–Crippen MR) is 103 cm³/mol. The number of hydrogen-bond acceptors (Lipinski definition) is 3. The van der Waals surface area contributed by atoms with Crippen molar-refractivity contribution in [1.82, 2.24) is 10.6 Å². The molecule has 150 valence electrons. The Morgan fingerprint density at radius 3 is 2.33 bits per heavy atom. The number of benzene rings is 1. The maximum absolute atomic E-state index is 13.2. The molecule has 0 atom stereocenters. The molecule has 0 bridgehead atoms. The summed E-state index contributed by atoms with van der Waals surface area (Å²) in [7, 11) is 0. The highest BCUT2D eigenvalue weighted by Crippen LogP contribution is 2.40. The van der Waals surface area contributed by atoms with Gasteiger partial charge in [0.25, 0.3) is 0 Å². The van der Waals surface area contributed by atoms with Gasteiger partial charge >= 0.3 is 6.09 Å². The van der Waals surface area contributed by atoms with Crippen LogP contribution in [0.3, 0.4) is 0 Å². The number of rotatable bonds is 7. The minimum atomic E-state index is -0.530. The molecule has 0 heterocycles. The summed E-state index contributed by atoms with van der Waals surface area (Å²) < 4.78 is 18.4. The van der Waals surface area contributed by atoms with Gasteiger partial charge in [-0.3, -0.25) is 4.79 Å². The molecule has 0 saturated heterocycles. The quantitative estimate of drug-likeness (QED) is 0.703. The van der Waals surface area contributed by atoms with Crippen LogP contribution in [0.4, 0.5) is 9.18 Å². The van der Waals surface area contributed by atoms with Gasteiger partial charge in [-0.25, -0.2) is 9.18 Å². The van der Waals surface area contributed by atoms with E-state index in [1.807, 2.05) is 12.1 Å². The lowest BCUT2D eigenvalue weighted by atomic mass is 9.79. The number of carbonyl (C=O) groups excluding carboxylic acids is 2. The van der Waals surface area contributed by atoms with Crippen molar-refractivity contribution < 1.29 is 18.7 Å². The molecule has 0 aromatic heterocycles. The highest BCUT2D eigenvalue weighted by atomic mass is 19.1. The van der Waals surface area contributed by atoms with Crippen LogP contribution in [-0.2, 0) is 14.9 Å². The number of alkyl carbamates (subject to hydrolysis) is 1. The highest BCUT2D eigenvalue weighted by Gasteiger charge is 2.35. The van der Waals surface area contributed by atoms with Crippen molar-refractivity contribution in [3.8, 4) is 0 Å². The molecule has 27 heavy (non-hydrogen) atoms. The molecule has 0 unspecified atom stereocenters. The maximum atomic E-state index is 13.2. The Balaban J connectivity index is 1.75. The van der Waals surface area contributed by atoms with E-state index in [2.05, 4.69) is 10.6 Å². The summed E-state index contributed by atoms with van der Waals surface area (Å²) in [6.45, 7) is 6.38. The van der Waals surface area contributed by atoms with Crippen LogP contribution in [0, 0.1) is 5.82 Å². The minimum Gasteiger partial charge on any atom is -0.444 e. The smallest absolute Gasteiger partial charge is 0.407 e. The maximum Gasteiger partial charge on any atom is 0.407 e. The van der Waals surface area contributed by atoms with Crippen molar-refractivity contribution in [2.75, 3.05) is 13.1 Å². The molecular formula is C21H31FN2O3. The monoisotopic (exact) mass is 378 g/mol. The fourth-order valence-corrected chi connectivity index (χ4v) is 3.53. The number of nitrogens with one attached hydrogen (secondary N) is 2. The summed E-state index contributed by atoms with van der Waals surface area (Å²) in [6, 6.07) is 6.63. The van der Waals surface area contributed by atoms with Gasteiger partial charge < -0.3 is 15.4 Å². The number of ether oxygens (including phenoxy) is 1. The van der Waals surface area contributed by atoms with Crippen LogP contribution in [-0.4, -0.2) is 30.7 Å². The van der Waals surface area contributed by atoms with Gasteiger partial charge in [0.05, 0.1) is 0 Å². The van der Waals surface area contributed by atoms with Gasteiger partial charge in [0.15, 0.2) is 0 Å². The van der Waals surface area contributed by atoms with Gasteiger partial charge in [-0.05, 0) is 57.7 Å². The second-order valence-corrected chi connectivity index (χ2v) is 8.30. The van der Waals surface area contributed by atoms with E-state index < -0.39 is 11.7 Å². The zero-order chi connectivity index (χ0) is 19.9. The Morgan fingerprint density at radius 2 is 1.74 bits per heavy atom. The van der Waals surface area contributed by atoms with E-state index in [1.165, 1.54) is 12.1 Å². The van der Waals surface area contributed by atoms with E-state index in [1.54, 1.807) is 20.8 Å². The van der Waals surface area contributed by atoms with Crippen LogP contribution in [0.25, 0.3) is 0 Å². The first-order valence-corrected chi connectivity index (χ1v) is 9.70. The van der Waals surface area contributed by atoms with Crippen molar-refractivity contribution in [3.05, 3.63) is 35.6 Å². The molecular weight excluding hydrogens is 347 g/mol. The van der Waals surface area contributed by atoms with Crippen LogP contribution < -0.4 is 10.6 Å². The van der Waals surface area contributed by atoms with Crippen molar-refractivity contribution in [2.45, 2.75) is 70.3 Å². The largest absolute Gasteiger partial charge is 0.444 e. The third-order valence-corrected chi connectivity index (χ3v) is 4.89. The Morgan fingerprint density at radius 1 is 1.11 bits per heavy atom. The predicted octanol–water partition coefficient (Wildman–Crippen LogP) is 4.06. The Hall–Kier alpha value is -2.11. The van der Waals surface area contributed by atoms with E-state index in [9.17, 15) is 14.0 Å². The number of halogens is 1. The van der Waals surface area contributed by atoms with Crippen molar-refractivity contribution in [3.63, 3.8) is 0 Å². The number of amides is 2. The van der Waals surface area contributed by atoms with Gasteiger partial charge in [0.1, 0.15) is 11.4 Å². The molecule has 2 N–H and O–H groups in total. The average molecular weight is 378 g/mol. The van der Waals surface area contributed by atoms with E-state index in [4.69, 9.17) is 4.74 Å². The van der Waals surface area contributed by atoms with Gasteiger partial charge in [0.2, 0.25) is 5.91 Å². The SMILES string of the molecule is CC(C)(C)OC(=O)NCCCC(=O)NCC1(c2ccc(F)cc2)CCCC1. The normalized spacial score (nSPS) is 16.0. The first-order chi connectivity index (χ1) is 12.7. The van der Waals surface area contributed by atoms with E-state index in [-0.39, 0.29) is 17.1 Å². The lowest BCUT2D eigenvalue weighted by molar-refractivity contribution is -0.121. The number of hydrogen-bond donors (Lipinski definition) is 2. The molecule has 0 radical (unpaired) electrons. The third kappa shape index (κ3) is 6.85. The molecule has 1 aromatic carbocycles. The second kappa shape index (κ2) is 9.20. The van der Waals surface area contributed by atoms with Crippen LogP contribution in [0.5, 0.6) is 0 Å². The third-order valence-electron chi connectivity index (χ3n) is 4.89. The van der Waals surface area contributed by atoms with Gasteiger partial charge in [-0.1, -0.05) is 25.0 Å². The lowest BCUT2D eigenvalue weighted by Gasteiger charge is -2.30. The molecule has 1 aliphatic carbocycles. The molecule has 1 aliphatic rings. The van der Waals surface area contributed by atoms with E-state index >= 15 is 0 Å². The summed E-state index contributed by atoms with van der Waals surface area (Å²) in [4.78, 5) is 23.8. The molecule has 2 rings (SSSR count). The zero-order valence-corrected chi connectivity index (χ0v) is 16.6. The average Bonchev–Trinajstić information content (AvgIpc) is 3.06. The second-order valence-electron chi connectivity index (χ2n) is 8.30. The fourth-order valence-electron chi connectivity index (χ4n) is 3.53. The summed E-state index contributed by atoms with van der Waals surface area (Å²) in [5.41, 5.74) is 0.462. The summed E-state index contributed by atoms with van der Waals surface area (Å²) in [5.74, 6) is -0.275. The molecule has 1 aromatic rings. The first kappa shape index (κ1) is 21.2. The topological polar surface area (TPSA) is 67.4 Å². The highest BCUT2D eigenvalue weighted by molar-refractivity contribution is 5.76. The molecule has 5 nitrogen and oxygen atoms in total. The Labute approximate surface area is 161 Å². The summed E-state index contributed by atoms with van der Waals surface area (Å²) in [5, 5.41) is 5.68. The van der Waals surface area contributed by atoms with Crippen LogP contribution in [0.1, 0.15) is 64.9 Å². The van der Waals surface area contributed by atoms with Crippen LogP contribution in [0.15, 0.2) is 24.3 Å². The summed E-state index contributed by atoms with van der Waals surface area (Å²) in [6.07, 6.45) is 4.66. The standard InChI is InChI=1S/C21H31FN2O3/c1-20(2,3)27-19(26)23-14-6-7-18(25)24-15-21(12-4-5-13-21)16-8-10-17(22)11-9-16/h8-11H,4-7,12-15H2,1-3H3,(H,23,26)(H,24,25). The zero-order valence-electron chi connectivity index (χ0n) is 16.6. The molecule has 0 spiro atoms. The number of carbonyl (C=O) groups is 2. The van der Waals surface area contributed by atoms with Gasteiger partial charge in [-0.15, -0.1) is 0 Å². The van der Waals surface area contributed by atoms with Crippen LogP contribution >= 0.6 is 0 Å². The fraction of sp³-hybridized carbons (Fsp3) is 0.619. The summed E-state index contributed by atoms with van der Waals surface area (Å²) >= 11 is 0. The Bertz CT molecular complexity index is 632. The molecule has 0 aliphatic heterocycles. The van der Waals surface area contributed by atoms with Crippen molar-refractivity contribution in [2.24, 2.45) is 0 Å². The van der Waals surface area contributed by atoms with E-state index in [0.717, 1.165) is 31.2 Å². The van der Waals surface area contributed by atoms with Crippen molar-refractivity contribution in [1.29, 1.82) is 0 Å². The van der Waals surface area contributed by atoms with Crippen molar-refractivity contribution >= 4 is 12.0 Å². The molecule has 1 saturated carbocycles. The molecule has 6 heteroatoms. The van der Waals surface area contributed by atoms with Gasteiger partial charge in [0, 0.05) is 24.9 Å². The van der Waals surface area contributed by atoms with Crippen LogP contribution in [0.2, 0.25) is 0 Å². The molecule has 2 amide bonds. The lowest BCUT2D eigenvalue weighted by Crippen LogP contribution is -2.39. The Kier molecular flexibility index (Phi) is 7.22. The minimum absolute atomic E-state index is 0.0330. The first-order valence-electron chi connectivity index (χ1n) is 9.70. The molecule has 1 fully saturated rings.